The lowest BCUT2D eigenvalue weighted by Gasteiger charge is -2.10. The van der Waals surface area contributed by atoms with E-state index in [1.807, 2.05) is 58.6 Å². The second-order valence-electron chi connectivity index (χ2n) is 6.43. The van der Waals surface area contributed by atoms with Gasteiger partial charge in [0.05, 0.1) is 18.0 Å². The molecule has 8 heteroatoms. The van der Waals surface area contributed by atoms with Gasteiger partial charge < -0.3 is 9.73 Å². The smallest absolute Gasteiger partial charge is 0.242 e. The average Bonchev–Trinajstić information content (AvgIpc) is 3.45. The van der Waals surface area contributed by atoms with Gasteiger partial charge in [-0.3, -0.25) is 9.20 Å². The molecule has 0 bridgehead atoms. The Morgan fingerprint density at radius 3 is 2.93 bits per heavy atom. The van der Waals surface area contributed by atoms with E-state index in [0.717, 1.165) is 27.7 Å². The summed E-state index contributed by atoms with van der Waals surface area (Å²) in [6.07, 6.45) is 6.25. The quantitative estimate of drug-likeness (QED) is 0.507. The number of carbonyl (C=O) groups excluding carboxylic acids is 1. The van der Waals surface area contributed by atoms with Crippen molar-refractivity contribution in [1.82, 2.24) is 20.2 Å². The topological polar surface area (TPSA) is 83.6 Å². The maximum atomic E-state index is 12.5. The van der Waals surface area contributed by atoms with Gasteiger partial charge in [0, 0.05) is 29.0 Å². The molecule has 1 amide bonds. The summed E-state index contributed by atoms with van der Waals surface area (Å²) >= 11 is 1.60. The van der Waals surface area contributed by atoms with Gasteiger partial charge in [-0.1, -0.05) is 12.1 Å². The highest BCUT2D eigenvalue weighted by atomic mass is 32.1. The summed E-state index contributed by atoms with van der Waals surface area (Å²) in [5.41, 5.74) is 8.83. The zero-order chi connectivity index (χ0) is 18.2. The molecule has 3 N–H and O–H groups in total. The fraction of sp³-hybridized carbons (Fsp3) is 0.158. The molecule has 1 fully saturated rings. The second kappa shape index (κ2) is 6.66. The van der Waals surface area contributed by atoms with Gasteiger partial charge in [0.2, 0.25) is 5.91 Å². The molecule has 1 saturated heterocycles. The Balaban J connectivity index is 1.24. The zero-order valence-electron chi connectivity index (χ0n) is 14.3. The van der Waals surface area contributed by atoms with E-state index >= 15 is 0 Å². The van der Waals surface area contributed by atoms with E-state index in [-0.39, 0.29) is 18.0 Å². The molecule has 4 heterocycles. The van der Waals surface area contributed by atoms with Gasteiger partial charge in [-0.05, 0) is 30.7 Å². The van der Waals surface area contributed by atoms with Crippen LogP contribution in [0.1, 0.15) is 18.2 Å². The number of nitrogens with zero attached hydrogens (tertiary/aromatic N) is 2. The zero-order valence-corrected chi connectivity index (χ0v) is 15.1. The molecular weight excluding hydrogens is 362 g/mol. The molecule has 27 heavy (non-hydrogen) atoms. The van der Waals surface area contributed by atoms with Crippen LogP contribution in [0.2, 0.25) is 0 Å². The number of anilines is 1. The van der Waals surface area contributed by atoms with Gasteiger partial charge in [0.1, 0.15) is 11.8 Å². The highest BCUT2D eigenvalue weighted by Gasteiger charge is 2.31. The lowest BCUT2D eigenvalue weighted by molar-refractivity contribution is -0.117. The molecule has 2 unspecified atom stereocenters. The van der Waals surface area contributed by atoms with Crippen LogP contribution in [0, 0.1) is 0 Å². The van der Waals surface area contributed by atoms with Crippen molar-refractivity contribution in [3.63, 3.8) is 0 Å². The maximum Gasteiger partial charge on any atom is 0.242 e. The van der Waals surface area contributed by atoms with Gasteiger partial charge >= 0.3 is 0 Å². The third-order valence-corrected chi connectivity index (χ3v) is 5.42. The molecule has 1 aliphatic rings. The molecule has 4 aromatic rings. The first-order valence-corrected chi connectivity index (χ1v) is 9.52. The molecule has 5 rings (SSSR count). The van der Waals surface area contributed by atoms with Crippen LogP contribution in [0.4, 0.5) is 5.69 Å². The third kappa shape index (κ3) is 3.14. The Morgan fingerprint density at radius 2 is 2.15 bits per heavy atom. The van der Waals surface area contributed by atoms with Crippen LogP contribution >= 0.6 is 11.3 Å². The fourth-order valence-corrected chi connectivity index (χ4v) is 3.92. The van der Waals surface area contributed by atoms with E-state index in [2.05, 4.69) is 21.2 Å². The number of hydrogen-bond acceptors (Lipinski definition) is 6. The number of amides is 1. The van der Waals surface area contributed by atoms with E-state index in [0.29, 0.717) is 6.42 Å². The summed E-state index contributed by atoms with van der Waals surface area (Å²) < 4.78 is 7.40. The van der Waals surface area contributed by atoms with Gasteiger partial charge in [0.25, 0.3) is 0 Å². The summed E-state index contributed by atoms with van der Waals surface area (Å²) in [7, 11) is 0. The first kappa shape index (κ1) is 16.2. The van der Waals surface area contributed by atoms with Crippen molar-refractivity contribution in [1.29, 1.82) is 0 Å². The normalized spacial score (nSPS) is 19.6. The number of benzene rings is 1. The molecule has 1 aliphatic heterocycles. The molecule has 0 spiro atoms. The Labute approximate surface area is 159 Å². The van der Waals surface area contributed by atoms with Crippen LogP contribution in [0.25, 0.3) is 16.2 Å². The van der Waals surface area contributed by atoms with Crippen LogP contribution < -0.4 is 16.2 Å². The minimum Gasteiger partial charge on any atom is -0.468 e. The first-order valence-electron chi connectivity index (χ1n) is 8.64. The summed E-state index contributed by atoms with van der Waals surface area (Å²) in [5, 5.41) is 4.96. The van der Waals surface area contributed by atoms with Crippen molar-refractivity contribution >= 4 is 27.9 Å². The number of aromatic nitrogens is 2. The monoisotopic (exact) mass is 379 g/mol. The van der Waals surface area contributed by atoms with Gasteiger partial charge in [-0.25, -0.2) is 15.8 Å². The number of fused-ring (bicyclic) bond motifs is 1. The van der Waals surface area contributed by atoms with Crippen molar-refractivity contribution in [2.24, 2.45) is 0 Å². The Bertz CT molecular complexity index is 1040. The van der Waals surface area contributed by atoms with Crippen LogP contribution in [0.15, 0.2) is 64.9 Å². The van der Waals surface area contributed by atoms with E-state index in [9.17, 15) is 4.79 Å². The Kier molecular flexibility index (Phi) is 4.01. The van der Waals surface area contributed by atoms with Crippen LogP contribution in [0.5, 0.6) is 0 Å². The van der Waals surface area contributed by atoms with Gasteiger partial charge in [0.15, 0.2) is 4.96 Å². The molecule has 7 nitrogen and oxygen atoms in total. The molecular formula is C19H17N5O2S. The number of thiazole rings is 1. The molecule has 2 atom stereocenters. The SMILES string of the molecule is O=C(Nc1ccc(-c2cn3ccsc3n2)cc1)C1CC(c2ccco2)NN1. The Hall–Kier alpha value is -2.94. The highest BCUT2D eigenvalue weighted by Crippen LogP contribution is 2.25. The minimum atomic E-state index is -0.320. The number of rotatable bonds is 4. The largest absolute Gasteiger partial charge is 0.468 e. The number of nitrogens with one attached hydrogen (secondary N) is 3. The number of carbonyl (C=O) groups is 1. The number of hydrogen-bond donors (Lipinski definition) is 3. The van der Waals surface area contributed by atoms with Crippen LogP contribution in [-0.4, -0.2) is 21.3 Å². The second-order valence-corrected chi connectivity index (χ2v) is 7.30. The summed E-state index contributed by atoms with van der Waals surface area (Å²) in [5.74, 6) is 0.744. The standard InChI is InChI=1S/C19H17N5O2S/c25-18(15-10-14(22-23-15)17-2-1-8-26-17)20-13-5-3-12(4-6-13)16-11-24-7-9-27-19(24)21-16/h1-9,11,14-15,22-23H,10H2,(H,20,25). The molecule has 0 saturated carbocycles. The summed E-state index contributed by atoms with van der Waals surface area (Å²) in [6, 6.07) is 11.1. The third-order valence-electron chi connectivity index (χ3n) is 4.65. The van der Waals surface area contributed by atoms with Crippen LogP contribution in [0.3, 0.4) is 0 Å². The van der Waals surface area contributed by atoms with Crippen LogP contribution in [-0.2, 0) is 4.79 Å². The van der Waals surface area contributed by atoms with Crippen molar-refractivity contribution in [2.45, 2.75) is 18.5 Å². The number of imidazole rings is 1. The van der Waals surface area contributed by atoms with E-state index < -0.39 is 0 Å². The van der Waals surface area contributed by atoms with Gasteiger partial charge in [-0.15, -0.1) is 11.3 Å². The fourth-order valence-electron chi connectivity index (χ4n) is 3.22. The van der Waals surface area contributed by atoms with E-state index in [4.69, 9.17) is 4.42 Å². The molecule has 0 aliphatic carbocycles. The van der Waals surface area contributed by atoms with E-state index in [1.54, 1.807) is 17.6 Å². The molecule has 1 aromatic carbocycles. The highest BCUT2D eigenvalue weighted by molar-refractivity contribution is 7.15. The Morgan fingerprint density at radius 1 is 1.26 bits per heavy atom. The predicted octanol–water partition coefficient (Wildman–Crippen LogP) is 3.20. The van der Waals surface area contributed by atoms with Gasteiger partial charge in [-0.2, -0.15) is 0 Å². The lowest BCUT2D eigenvalue weighted by Crippen LogP contribution is -2.39. The minimum absolute atomic E-state index is 0.00656. The number of hydrazine groups is 1. The summed E-state index contributed by atoms with van der Waals surface area (Å²) in [4.78, 5) is 18.1. The first-order chi connectivity index (χ1) is 13.3. The van der Waals surface area contributed by atoms with Crippen molar-refractivity contribution in [3.05, 3.63) is 66.2 Å². The average molecular weight is 379 g/mol. The summed E-state index contributed by atoms with van der Waals surface area (Å²) in [6.45, 7) is 0. The van der Waals surface area contributed by atoms with Crippen molar-refractivity contribution < 1.29 is 9.21 Å². The molecule has 0 radical (unpaired) electrons. The number of furan rings is 1. The maximum absolute atomic E-state index is 12.5. The molecule has 3 aromatic heterocycles. The van der Waals surface area contributed by atoms with E-state index in [1.165, 1.54) is 0 Å². The van der Waals surface area contributed by atoms with Crippen molar-refractivity contribution in [2.75, 3.05) is 5.32 Å². The molecule has 136 valence electrons. The predicted molar refractivity (Wildman–Crippen MR) is 103 cm³/mol. The lowest BCUT2D eigenvalue weighted by atomic mass is 10.1. The van der Waals surface area contributed by atoms with Crippen molar-refractivity contribution in [3.8, 4) is 11.3 Å².